The minimum absolute atomic E-state index is 1.04. The van der Waals surface area contributed by atoms with Crippen molar-refractivity contribution in [2.24, 2.45) is 0 Å². The molecule has 90 valence electrons. The number of nitrogens with zero attached hydrogens (tertiary/aromatic N) is 2. The standard InChI is InChI=1S/C12H22N4/c1-2-10-16(9-1)11-3-6-13-7-4-12-5-8-14-15-12/h5,8,13H,1-4,6-7,9-11H2,(H,14,15). The monoisotopic (exact) mass is 222 g/mol. The maximum absolute atomic E-state index is 3.93. The van der Waals surface area contributed by atoms with E-state index in [1.807, 2.05) is 12.3 Å². The Morgan fingerprint density at radius 3 is 2.94 bits per heavy atom. The molecule has 0 radical (unpaired) electrons. The molecule has 1 aromatic rings. The third-order valence-electron chi connectivity index (χ3n) is 3.16. The van der Waals surface area contributed by atoms with Crippen LogP contribution in [0.4, 0.5) is 0 Å². The highest BCUT2D eigenvalue weighted by atomic mass is 15.1. The van der Waals surface area contributed by atoms with Crippen LogP contribution in [0, 0.1) is 0 Å². The number of H-pyrrole nitrogens is 1. The highest BCUT2D eigenvalue weighted by molar-refractivity contribution is 4.97. The van der Waals surface area contributed by atoms with Crippen LogP contribution in [0.1, 0.15) is 25.0 Å². The van der Waals surface area contributed by atoms with E-state index in [-0.39, 0.29) is 0 Å². The molecule has 0 amide bonds. The van der Waals surface area contributed by atoms with Gasteiger partial charge in [-0.2, -0.15) is 5.10 Å². The Labute approximate surface area is 97.4 Å². The first-order valence-corrected chi connectivity index (χ1v) is 6.36. The predicted molar refractivity (Wildman–Crippen MR) is 65.5 cm³/mol. The summed E-state index contributed by atoms with van der Waals surface area (Å²) < 4.78 is 0. The maximum atomic E-state index is 3.93. The lowest BCUT2D eigenvalue weighted by Crippen LogP contribution is -2.25. The molecule has 16 heavy (non-hydrogen) atoms. The molecule has 1 aromatic heterocycles. The van der Waals surface area contributed by atoms with E-state index in [0.717, 1.165) is 19.5 Å². The zero-order chi connectivity index (χ0) is 11.1. The third kappa shape index (κ3) is 3.94. The van der Waals surface area contributed by atoms with Crippen molar-refractivity contribution >= 4 is 0 Å². The number of aromatic nitrogens is 2. The van der Waals surface area contributed by atoms with Gasteiger partial charge in [0.2, 0.25) is 0 Å². The molecule has 1 saturated heterocycles. The molecule has 0 saturated carbocycles. The maximum Gasteiger partial charge on any atom is 0.0490 e. The Hall–Kier alpha value is -0.870. The van der Waals surface area contributed by atoms with E-state index < -0.39 is 0 Å². The zero-order valence-corrected chi connectivity index (χ0v) is 9.91. The summed E-state index contributed by atoms with van der Waals surface area (Å²) in [4.78, 5) is 2.57. The Morgan fingerprint density at radius 2 is 2.19 bits per heavy atom. The van der Waals surface area contributed by atoms with Crippen molar-refractivity contribution in [1.29, 1.82) is 0 Å². The Morgan fingerprint density at radius 1 is 1.31 bits per heavy atom. The average molecular weight is 222 g/mol. The van der Waals surface area contributed by atoms with Crippen molar-refractivity contribution in [2.75, 3.05) is 32.7 Å². The topological polar surface area (TPSA) is 44.0 Å². The Bertz CT molecular complexity index is 265. The first-order chi connectivity index (χ1) is 7.95. The molecule has 4 heteroatoms. The molecule has 2 N–H and O–H groups in total. The summed E-state index contributed by atoms with van der Waals surface area (Å²) in [6, 6.07) is 2.03. The summed E-state index contributed by atoms with van der Waals surface area (Å²) in [5.74, 6) is 0. The van der Waals surface area contributed by atoms with Crippen molar-refractivity contribution in [3.63, 3.8) is 0 Å². The van der Waals surface area contributed by atoms with Crippen LogP contribution in [0.2, 0.25) is 0 Å². The van der Waals surface area contributed by atoms with Gasteiger partial charge in [0.05, 0.1) is 0 Å². The van der Waals surface area contributed by atoms with Gasteiger partial charge in [-0.05, 0) is 51.5 Å². The van der Waals surface area contributed by atoms with Gasteiger partial charge in [0, 0.05) is 24.9 Å². The van der Waals surface area contributed by atoms with Crippen LogP contribution in [0.5, 0.6) is 0 Å². The quantitative estimate of drug-likeness (QED) is 0.677. The van der Waals surface area contributed by atoms with Crippen LogP contribution >= 0.6 is 0 Å². The normalized spacial score (nSPS) is 17.0. The van der Waals surface area contributed by atoms with E-state index in [0.29, 0.717) is 0 Å². The number of rotatable bonds is 7. The first-order valence-electron chi connectivity index (χ1n) is 6.36. The van der Waals surface area contributed by atoms with Crippen LogP contribution in [0.15, 0.2) is 12.3 Å². The van der Waals surface area contributed by atoms with E-state index >= 15 is 0 Å². The van der Waals surface area contributed by atoms with Crippen LogP contribution in [-0.2, 0) is 6.42 Å². The van der Waals surface area contributed by atoms with Crippen molar-refractivity contribution in [1.82, 2.24) is 20.4 Å². The van der Waals surface area contributed by atoms with Gasteiger partial charge in [-0.3, -0.25) is 5.10 Å². The minimum atomic E-state index is 1.04. The summed E-state index contributed by atoms with van der Waals surface area (Å²) in [7, 11) is 0. The fourth-order valence-electron chi connectivity index (χ4n) is 2.21. The van der Waals surface area contributed by atoms with Crippen LogP contribution in [-0.4, -0.2) is 47.8 Å². The second-order valence-corrected chi connectivity index (χ2v) is 4.48. The Balaban J connectivity index is 1.43. The predicted octanol–water partition coefficient (Wildman–Crippen LogP) is 1.03. The fraction of sp³-hybridized carbons (Fsp3) is 0.750. The highest BCUT2D eigenvalue weighted by Gasteiger charge is 2.09. The summed E-state index contributed by atoms with van der Waals surface area (Å²) in [5, 5.41) is 10.4. The lowest BCUT2D eigenvalue weighted by molar-refractivity contribution is 0.331. The molecule has 1 aliphatic heterocycles. The van der Waals surface area contributed by atoms with E-state index in [1.54, 1.807) is 0 Å². The van der Waals surface area contributed by atoms with Crippen molar-refractivity contribution in [3.8, 4) is 0 Å². The molecule has 2 rings (SSSR count). The van der Waals surface area contributed by atoms with Gasteiger partial charge in [0.15, 0.2) is 0 Å². The van der Waals surface area contributed by atoms with Crippen molar-refractivity contribution in [3.05, 3.63) is 18.0 Å². The Kier molecular flexibility index (Phi) is 4.83. The molecule has 0 bridgehead atoms. The minimum Gasteiger partial charge on any atom is -0.316 e. The zero-order valence-electron chi connectivity index (χ0n) is 9.91. The van der Waals surface area contributed by atoms with Gasteiger partial charge in [-0.1, -0.05) is 0 Å². The molecular weight excluding hydrogens is 200 g/mol. The van der Waals surface area contributed by atoms with Gasteiger partial charge < -0.3 is 10.2 Å². The molecule has 4 nitrogen and oxygen atoms in total. The molecule has 1 fully saturated rings. The van der Waals surface area contributed by atoms with Gasteiger partial charge in [-0.15, -0.1) is 0 Å². The van der Waals surface area contributed by atoms with Crippen molar-refractivity contribution in [2.45, 2.75) is 25.7 Å². The fourth-order valence-corrected chi connectivity index (χ4v) is 2.21. The lowest BCUT2D eigenvalue weighted by Gasteiger charge is -2.14. The van der Waals surface area contributed by atoms with Gasteiger partial charge in [-0.25, -0.2) is 0 Å². The summed E-state index contributed by atoms with van der Waals surface area (Å²) in [6.45, 7) is 6.06. The van der Waals surface area contributed by atoms with Crippen LogP contribution in [0.3, 0.4) is 0 Å². The molecule has 0 aromatic carbocycles. The average Bonchev–Trinajstić information content (AvgIpc) is 2.96. The van der Waals surface area contributed by atoms with Crippen molar-refractivity contribution < 1.29 is 0 Å². The molecule has 0 unspecified atom stereocenters. The molecule has 2 heterocycles. The number of likely N-dealkylation sites (tertiary alicyclic amines) is 1. The van der Waals surface area contributed by atoms with Crippen LogP contribution in [0.25, 0.3) is 0 Å². The third-order valence-corrected chi connectivity index (χ3v) is 3.16. The smallest absolute Gasteiger partial charge is 0.0490 e. The van der Waals surface area contributed by atoms with E-state index in [9.17, 15) is 0 Å². The van der Waals surface area contributed by atoms with Gasteiger partial charge in [0.25, 0.3) is 0 Å². The molecular formula is C12H22N4. The highest BCUT2D eigenvalue weighted by Crippen LogP contribution is 2.06. The second-order valence-electron chi connectivity index (χ2n) is 4.48. The molecule has 1 aliphatic rings. The summed E-state index contributed by atoms with van der Waals surface area (Å²) >= 11 is 0. The molecule has 0 aliphatic carbocycles. The first kappa shape index (κ1) is 11.6. The van der Waals surface area contributed by atoms with E-state index in [2.05, 4.69) is 20.4 Å². The molecule has 0 atom stereocenters. The van der Waals surface area contributed by atoms with Crippen LogP contribution < -0.4 is 5.32 Å². The number of hydrogen-bond donors (Lipinski definition) is 2. The lowest BCUT2D eigenvalue weighted by atomic mass is 10.3. The second kappa shape index (κ2) is 6.66. The number of hydrogen-bond acceptors (Lipinski definition) is 3. The largest absolute Gasteiger partial charge is 0.316 e. The summed E-state index contributed by atoms with van der Waals surface area (Å²) in [6.07, 6.45) is 6.91. The van der Waals surface area contributed by atoms with E-state index in [4.69, 9.17) is 0 Å². The van der Waals surface area contributed by atoms with E-state index in [1.165, 1.54) is 44.6 Å². The number of nitrogens with one attached hydrogen (secondary N) is 2. The van der Waals surface area contributed by atoms with Gasteiger partial charge >= 0.3 is 0 Å². The van der Waals surface area contributed by atoms with Gasteiger partial charge in [0.1, 0.15) is 0 Å². The SMILES string of the molecule is c1cc(CCNCCCN2CCCC2)[nH]n1. The summed E-state index contributed by atoms with van der Waals surface area (Å²) in [5.41, 5.74) is 1.21. The molecule has 0 spiro atoms. The number of aromatic amines is 1.